The van der Waals surface area contributed by atoms with Crippen LogP contribution in [0.1, 0.15) is 47.5 Å². The van der Waals surface area contributed by atoms with Gasteiger partial charge in [-0.15, -0.1) is 0 Å². The zero-order valence-electron chi connectivity index (χ0n) is 13.3. The van der Waals surface area contributed by atoms with Gasteiger partial charge in [-0.05, 0) is 46.5 Å². The molecule has 0 aromatic heterocycles. The minimum absolute atomic E-state index is 0.0609. The van der Waals surface area contributed by atoms with E-state index < -0.39 is 16.9 Å². The number of likely N-dealkylation sites (tertiary alicyclic amines) is 1. The summed E-state index contributed by atoms with van der Waals surface area (Å²) in [6.45, 7) is 11.0. The van der Waals surface area contributed by atoms with Crippen LogP contribution in [0.5, 0.6) is 0 Å². The van der Waals surface area contributed by atoms with Gasteiger partial charge in [0.2, 0.25) is 5.91 Å². The van der Waals surface area contributed by atoms with E-state index in [-0.39, 0.29) is 12.5 Å². The van der Waals surface area contributed by atoms with E-state index in [4.69, 9.17) is 0 Å². The Morgan fingerprint density at radius 3 is 2.40 bits per heavy atom. The summed E-state index contributed by atoms with van der Waals surface area (Å²) < 4.78 is 0. The molecular formula is C15H28N2O3. The van der Waals surface area contributed by atoms with Crippen LogP contribution >= 0.6 is 0 Å². The fourth-order valence-corrected chi connectivity index (χ4v) is 2.31. The lowest BCUT2D eigenvalue weighted by atomic mass is 9.74. The third kappa shape index (κ3) is 3.72. The number of rotatable bonds is 5. The standard InChI is InChI=1S/C15H28N2O3/c1-11-7-6-8-17(10-11)12(18)9-16-15(4,5)14(2,3)13(19)20/h11,16H,6-10H2,1-5H3,(H,19,20). The fraction of sp³-hybridized carbons (Fsp3) is 0.867. The van der Waals surface area contributed by atoms with Crippen molar-refractivity contribution in [2.24, 2.45) is 11.3 Å². The van der Waals surface area contributed by atoms with Crippen molar-refractivity contribution in [3.63, 3.8) is 0 Å². The van der Waals surface area contributed by atoms with Crippen LogP contribution < -0.4 is 5.32 Å². The fourth-order valence-electron chi connectivity index (χ4n) is 2.31. The minimum atomic E-state index is -0.942. The van der Waals surface area contributed by atoms with E-state index in [1.807, 2.05) is 18.7 Å². The van der Waals surface area contributed by atoms with Crippen molar-refractivity contribution < 1.29 is 14.7 Å². The summed E-state index contributed by atoms with van der Waals surface area (Å²) in [6, 6.07) is 0. The molecule has 1 amide bonds. The van der Waals surface area contributed by atoms with Crippen molar-refractivity contribution in [2.45, 2.75) is 53.0 Å². The Morgan fingerprint density at radius 2 is 1.90 bits per heavy atom. The molecule has 1 aliphatic heterocycles. The normalized spacial score (nSPS) is 20.9. The molecule has 0 aliphatic carbocycles. The maximum Gasteiger partial charge on any atom is 0.310 e. The lowest BCUT2D eigenvalue weighted by Crippen LogP contribution is -2.57. The summed E-state index contributed by atoms with van der Waals surface area (Å²) in [7, 11) is 0. The molecule has 20 heavy (non-hydrogen) atoms. The Kier molecular flexibility index (Phi) is 5.19. The summed E-state index contributed by atoms with van der Waals surface area (Å²) in [5, 5.41) is 12.4. The Morgan fingerprint density at radius 1 is 1.30 bits per heavy atom. The van der Waals surface area contributed by atoms with Gasteiger partial charge in [0.15, 0.2) is 0 Å². The van der Waals surface area contributed by atoms with Crippen LogP contribution in [-0.2, 0) is 9.59 Å². The number of piperidine rings is 1. The zero-order valence-corrected chi connectivity index (χ0v) is 13.3. The van der Waals surface area contributed by atoms with Crippen molar-refractivity contribution in [3.8, 4) is 0 Å². The lowest BCUT2D eigenvalue weighted by Gasteiger charge is -2.39. The number of aliphatic carboxylic acids is 1. The Labute approximate surface area is 121 Å². The molecule has 5 heteroatoms. The topological polar surface area (TPSA) is 69.6 Å². The minimum Gasteiger partial charge on any atom is -0.481 e. The number of amides is 1. The highest BCUT2D eigenvalue weighted by Crippen LogP contribution is 2.30. The van der Waals surface area contributed by atoms with Crippen molar-refractivity contribution in [1.29, 1.82) is 0 Å². The summed E-state index contributed by atoms with van der Waals surface area (Å²) >= 11 is 0. The smallest absolute Gasteiger partial charge is 0.310 e. The van der Waals surface area contributed by atoms with Gasteiger partial charge in [-0.1, -0.05) is 6.92 Å². The SMILES string of the molecule is CC1CCCN(C(=O)CNC(C)(C)C(C)(C)C(=O)O)C1. The van der Waals surface area contributed by atoms with Gasteiger partial charge in [0, 0.05) is 18.6 Å². The van der Waals surface area contributed by atoms with Gasteiger partial charge in [0.25, 0.3) is 0 Å². The molecule has 1 unspecified atom stereocenters. The van der Waals surface area contributed by atoms with Crippen LogP contribution in [0.2, 0.25) is 0 Å². The maximum absolute atomic E-state index is 12.2. The summed E-state index contributed by atoms with van der Waals surface area (Å²) in [5.74, 6) is -0.254. The molecule has 1 aliphatic rings. The average molecular weight is 284 g/mol. The predicted molar refractivity (Wildman–Crippen MR) is 78.5 cm³/mol. The Bertz CT molecular complexity index is 377. The molecule has 2 N–H and O–H groups in total. The highest BCUT2D eigenvalue weighted by Gasteiger charge is 2.43. The summed E-state index contributed by atoms with van der Waals surface area (Å²) in [6.07, 6.45) is 2.23. The number of nitrogens with one attached hydrogen (secondary N) is 1. The third-order valence-electron chi connectivity index (χ3n) is 4.79. The number of carboxylic acids is 1. The first-order valence-electron chi connectivity index (χ1n) is 7.34. The number of carbonyl (C=O) groups excluding carboxylic acids is 1. The second-order valence-corrected chi connectivity index (χ2v) is 7.00. The second-order valence-electron chi connectivity index (χ2n) is 7.00. The van der Waals surface area contributed by atoms with E-state index in [1.54, 1.807) is 13.8 Å². The van der Waals surface area contributed by atoms with Crippen LogP contribution in [0.3, 0.4) is 0 Å². The quantitative estimate of drug-likeness (QED) is 0.806. The molecule has 1 rings (SSSR count). The van der Waals surface area contributed by atoms with Gasteiger partial charge in [0.1, 0.15) is 0 Å². The van der Waals surface area contributed by atoms with Crippen LogP contribution in [0.4, 0.5) is 0 Å². The monoisotopic (exact) mass is 284 g/mol. The van der Waals surface area contributed by atoms with Crippen molar-refractivity contribution >= 4 is 11.9 Å². The number of hydrogen-bond donors (Lipinski definition) is 2. The third-order valence-corrected chi connectivity index (χ3v) is 4.79. The molecule has 0 aromatic carbocycles. The first kappa shape index (κ1) is 17.0. The first-order chi connectivity index (χ1) is 9.08. The number of nitrogens with zero attached hydrogens (tertiary/aromatic N) is 1. The van der Waals surface area contributed by atoms with Crippen molar-refractivity contribution in [1.82, 2.24) is 10.2 Å². The van der Waals surface area contributed by atoms with Gasteiger partial charge < -0.3 is 15.3 Å². The molecule has 1 atom stereocenters. The molecule has 0 spiro atoms. The van der Waals surface area contributed by atoms with Gasteiger partial charge in [-0.25, -0.2) is 0 Å². The van der Waals surface area contributed by atoms with Gasteiger partial charge >= 0.3 is 5.97 Å². The summed E-state index contributed by atoms with van der Waals surface area (Å²) in [5.41, 5.74) is -1.60. The van der Waals surface area contributed by atoms with Crippen molar-refractivity contribution in [2.75, 3.05) is 19.6 Å². The van der Waals surface area contributed by atoms with E-state index in [2.05, 4.69) is 12.2 Å². The first-order valence-corrected chi connectivity index (χ1v) is 7.34. The molecule has 1 fully saturated rings. The molecular weight excluding hydrogens is 256 g/mol. The van der Waals surface area contributed by atoms with Crippen molar-refractivity contribution in [3.05, 3.63) is 0 Å². The molecule has 0 radical (unpaired) electrons. The van der Waals surface area contributed by atoms with E-state index >= 15 is 0 Å². The van der Waals surface area contributed by atoms with E-state index in [9.17, 15) is 14.7 Å². The molecule has 1 saturated heterocycles. The number of carbonyl (C=O) groups is 2. The lowest BCUT2D eigenvalue weighted by molar-refractivity contribution is -0.151. The second kappa shape index (κ2) is 6.12. The highest BCUT2D eigenvalue weighted by molar-refractivity contribution is 5.79. The number of carboxylic acid groups (broad SMARTS) is 1. The van der Waals surface area contributed by atoms with Gasteiger partial charge in [-0.3, -0.25) is 9.59 Å². The molecule has 0 aromatic rings. The van der Waals surface area contributed by atoms with Crippen LogP contribution in [0.15, 0.2) is 0 Å². The molecule has 0 saturated carbocycles. The zero-order chi connectivity index (χ0) is 15.6. The van der Waals surface area contributed by atoms with Crippen LogP contribution in [-0.4, -0.2) is 47.1 Å². The van der Waals surface area contributed by atoms with E-state index in [1.165, 1.54) is 6.42 Å². The molecule has 1 heterocycles. The predicted octanol–water partition coefficient (Wildman–Crippen LogP) is 1.72. The Balaban J connectivity index is 2.57. The average Bonchev–Trinajstić information content (AvgIpc) is 2.35. The molecule has 5 nitrogen and oxygen atoms in total. The largest absolute Gasteiger partial charge is 0.481 e. The molecule has 116 valence electrons. The highest BCUT2D eigenvalue weighted by atomic mass is 16.4. The van der Waals surface area contributed by atoms with E-state index in [0.717, 1.165) is 19.5 Å². The molecule has 0 bridgehead atoms. The summed E-state index contributed by atoms with van der Waals surface area (Å²) in [4.78, 5) is 25.4. The van der Waals surface area contributed by atoms with Gasteiger partial charge in [0.05, 0.1) is 12.0 Å². The van der Waals surface area contributed by atoms with Crippen LogP contribution in [0.25, 0.3) is 0 Å². The van der Waals surface area contributed by atoms with Crippen LogP contribution in [0, 0.1) is 11.3 Å². The maximum atomic E-state index is 12.2. The number of hydrogen-bond acceptors (Lipinski definition) is 3. The Hall–Kier alpha value is -1.10. The van der Waals surface area contributed by atoms with E-state index in [0.29, 0.717) is 5.92 Å². The van der Waals surface area contributed by atoms with Gasteiger partial charge in [-0.2, -0.15) is 0 Å².